The zero-order valence-corrected chi connectivity index (χ0v) is 48.3. The van der Waals surface area contributed by atoms with Crippen molar-refractivity contribution in [2.24, 2.45) is 35.1 Å². The molecular weight excluding hydrogens is 1100 g/mol. The lowest BCUT2D eigenvalue weighted by atomic mass is 9.86. The van der Waals surface area contributed by atoms with Gasteiger partial charge in [-0.1, -0.05) is 33.8 Å². The molecule has 19 nitrogen and oxygen atoms in total. The van der Waals surface area contributed by atoms with Crippen LogP contribution in [0.3, 0.4) is 0 Å². The quantitative estimate of drug-likeness (QED) is 0.0595. The monoisotopic (exact) mass is 1170 g/mol. The van der Waals surface area contributed by atoms with Crippen LogP contribution in [0.1, 0.15) is 78.4 Å². The van der Waals surface area contributed by atoms with Gasteiger partial charge in [-0.2, -0.15) is 41.6 Å². The summed E-state index contributed by atoms with van der Waals surface area (Å²) in [6.07, 6.45) is -0.729. The van der Waals surface area contributed by atoms with Gasteiger partial charge in [0.25, 0.3) is 0 Å². The minimum atomic E-state index is -4.54. The predicted molar refractivity (Wildman–Crippen MR) is 317 cm³/mol. The maximum Gasteiger partial charge on any atom is 0.418 e. The fraction of sp³-hybridized carbons (Fsp3) is 0.450. The van der Waals surface area contributed by atoms with E-state index in [0.717, 1.165) is 73.5 Å². The Bertz CT molecular complexity index is 3540. The highest BCUT2D eigenvalue weighted by Gasteiger charge is 2.39. The number of aliphatic hydroxyl groups is 1. The second kappa shape index (κ2) is 25.0. The average molecular weight is 1180 g/mol. The standard InChI is InChI=1S/2C21H25F3N6.C18H22N6O/c2*1-12(2)10-13-11-30(9-7-16(13)25)17-6-5-15(21(22,23)24)19(27-17)18-14-4-3-8-26-20(14)29-28-18;1-18(2,25)14-11-24(10-9-19-14)15-7-3-6-13(21-15)16-12-5-4-8-20-17(12)23-22-16/h2*3-6,8,12-13,16H,7,9-11,25H2,1-2H3,(H,26,28,29);3-8,14,19,25H,9-11H2,1-2H3,(H,20,22,23)/t2*13-,16+;14-/m101/s1. The number of alkyl halides is 6. The number of piperidine rings is 2. The summed E-state index contributed by atoms with van der Waals surface area (Å²) in [6, 6.07) is 21.9. The van der Waals surface area contributed by atoms with E-state index in [2.05, 4.69) is 93.4 Å². The molecule has 3 fully saturated rings. The second-order valence-corrected chi connectivity index (χ2v) is 23.6. The van der Waals surface area contributed by atoms with Gasteiger partial charge in [0.2, 0.25) is 0 Å². The molecule has 0 radical (unpaired) electrons. The van der Waals surface area contributed by atoms with Crippen molar-refractivity contribution in [3.05, 3.63) is 109 Å². The number of aromatic amines is 3. The molecular formula is C60H72F6N18O. The van der Waals surface area contributed by atoms with Crippen molar-refractivity contribution >= 4 is 50.6 Å². The van der Waals surface area contributed by atoms with E-state index in [1.807, 2.05) is 54.0 Å². The van der Waals surface area contributed by atoms with E-state index in [-0.39, 0.29) is 52.7 Å². The van der Waals surface area contributed by atoms with Gasteiger partial charge in [-0.3, -0.25) is 15.3 Å². The van der Waals surface area contributed by atoms with Gasteiger partial charge in [0, 0.05) is 92.6 Å². The summed E-state index contributed by atoms with van der Waals surface area (Å²) in [5.74, 6) is 3.50. The SMILES string of the molecule is CC(C)(O)[C@H]1CN(c2cccc(-c3[nH]nc4ncccc34)n2)CCN1.CC(C)C[C@@H]1CN(c2ccc(C(F)(F)F)c(-c3[nH]nc4ncccc34)n2)CC[C@@H]1N.CC(C)C[C@H]1CN(c2ccc(C(F)(F)F)c(-c3[nH]nc4ncccc34)n2)CC[C@H]1N. The zero-order valence-electron chi connectivity index (χ0n) is 48.3. The van der Waals surface area contributed by atoms with Gasteiger partial charge in [0.15, 0.2) is 16.9 Å². The number of H-pyrrole nitrogens is 3. The number of rotatable bonds is 11. The van der Waals surface area contributed by atoms with Crippen molar-refractivity contribution in [1.29, 1.82) is 0 Å². The van der Waals surface area contributed by atoms with Gasteiger partial charge in [-0.25, -0.2) is 29.9 Å². The first-order valence-electron chi connectivity index (χ1n) is 28.7. The molecule has 25 heteroatoms. The van der Waals surface area contributed by atoms with Gasteiger partial charge in [0.05, 0.1) is 45.5 Å². The van der Waals surface area contributed by atoms with Crippen molar-refractivity contribution in [2.75, 3.05) is 60.5 Å². The Balaban J connectivity index is 0.000000142. The lowest BCUT2D eigenvalue weighted by Gasteiger charge is -2.40. The lowest BCUT2D eigenvalue weighted by molar-refractivity contribution is -0.138. The molecule has 9 aromatic heterocycles. The summed E-state index contributed by atoms with van der Waals surface area (Å²) in [6.45, 7) is 17.4. The van der Waals surface area contributed by atoms with E-state index in [9.17, 15) is 31.4 Å². The van der Waals surface area contributed by atoms with Crippen molar-refractivity contribution in [3.8, 4) is 34.2 Å². The molecule has 12 heterocycles. The molecule has 0 amide bonds. The number of aromatic nitrogens is 12. The van der Waals surface area contributed by atoms with Gasteiger partial charge in [0.1, 0.15) is 28.8 Å². The smallest absolute Gasteiger partial charge is 0.389 e. The molecule has 9 aromatic rings. The van der Waals surface area contributed by atoms with E-state index in [4.69, 9.17) is 16.5 Å². The summed E-state index contributed by atoms with van der Waals surface area (Å²) < 4.78 is 82.5. The largest absolute Gasteiger partial charge is 0.418 e. The Labute approximate surface area is 487 Å². The number of hydrogen-bond donors (Lipinski definition) is 7. The zero-order chi connectivity index (χ0) is 60.4. The van der Waals surface area contributed by atoms with Crippen molar-refractivity contribution in [2.45, 2.75) is 103 Å². The van der Waals surface area contributed by atoms with Gasteiger partial charge in [-0.15, -0.1) is 0 Å². The fourth-order valence-corrected chi connectivity index (χ4v) is 11.6. The van der Waals surface area contributed by atoms with Crippen molar-refractivity contribution < 1.29 is 31.4 Å². The van der Waals surface area contributed by atoms with Gasteiger partial charge < -0.3 is 36.6 Å². The first kappa shape index (κ1) is 60.3. The maximum absolute atomic E-state index is 13.8. The number of halogens is 6. The molecule has 9 N–H and O–H groups in total. The molecule has 3 aliphatic rings. The summed E-state index contributed by atoms with van der Waals surface area (Å²) >= 11 is 0. The Morgan fingerprint density at radius 3 is 1.40 bits per heavy atom. The number of nitrogens with two attached hydrogens (primary N) is 2. The molecule has 3 aliphatic heterocycles. The highest BCUT2D eigenvalue weighted by atomic mass is 19.4. The molecule has 0 saturated carbocycles. The van der Waals surface area contributed by atoms with Crippen LogP contribution >= 0.6 is 0 Å². The van der Waals surface area contributed by atoms with Crippen LogP contribution in [0.15, 0.2) is 97.5 Å². The first-order chi connectivity index (χ1) is 40.5. The highest BCUT2D eigenvalue weighted by Crippen LogP contribution is 2.41. The number of fused-ring (bicyclic) bond motifs is 3. The van der Waals surface area contributed by atoms with Crippen LogP contribution in [0, 0.1) is 23.7 Å². The molecule has 0 aromatic carbocycles. The average Bonchev–Trinajstić information content (AvgIpc) is 4.41. The van der Waals surface area contributed by atoms with E-state index in [1.165, 1.54) is 12.1 Å². The van der Waals surface area contributed by atoms with Gasteiger partial charge >= 0.3 is 12.4 Å². The molecule has 3 saturated heterocycles. The van der Waals surface area contributed by atoms with E-state index < -0.39 is 29.1 Å². The van der Waals surface area contributed by atoms with Crippen molar-refractivity contribution in [3.63, 3.8) is 0 Å². The number of nitrogens with zero attached hydrogens (tertiary/aromatic N) is 12. The first-order valence-corrected chi connectivity index (χ1v) is 28.7. The fourth-order valence-electron chi connectivity index (χ4n) is 11.6. The third-order valence-corrected chi connectivity index (χ3v) is 16.0. The maximum atomic E-state index is 13.8. The molecule has 5 atom stereocenters. The molecule has 12 rings (SSSR count). The van der Waals surface area contributed by atoms with Crippen LogP contribution in [0.2, 0.25) is 0 Å². The van der Waals surface area contributed by atoms with Crippen LogP contribution in [-0.4, -0.2) is 135 Å². The molecule has 450 valence electrons. The van der Waals surface area contributed by atoms with Crippen LogP contribution in [0.5, 0.6) is 0 Å². The van der Waals surface area contributed by atoms with E-state index in [1.54, 1.807) is 42.9 Å². The van der Waals surface area contributed by atoms with Crippen LogP contribution in [-0.2, 0) is 12.4 Å². The summed E-state index contributed by atoms with van der Waals surface area (Å²) in [4.78, 5) is 32.5. The third kappa shape index (κ3) is 13.8. The van der Waals surface area contributed by atoms with Gasteiger partial charge in [-0.05, 0) is 136 Å². The summed E-state index contributed by atoms with van der Waals surface area (Å²) in [5.41, 5.74) is 13.5. The molecule has 0 spiro atoms. The molecule has 0 unspecified atom stereocenters. The number of anilines is 3. The predicted octanol–water partition coefficient (Wildman–Crippen LogP) is 10.0. The number of hydrogen-bond acceptors (Lipinski definition) is 16. The lowest BCUT2D eigenvalue weighted by Crippen LogP contribution is -2.59. The topological polar surface area (TPSA) is 257 Å². The normalized spacial score (nSPS) is 19.8. The number of nitrogens with one attached hydrogen (secondary N) is 4. The minimum absolute atomic E-state index is 0.00360. The minimum Gasteiger partial charge on any atom is -0.389 e. The van der Waals surface area contributed by atoms with Crippen molar-refractivity contribution in [1.82, 2.24) is 65.8 Å². The number of pyridine rings is 6. The Morgan fingerprint density at radius 1 is 0.541 bits per heavy atom. The summed E-state index contributed by atoms with van der Waals surface area (Å²) in [5, 5.41) is 36.4. The molecule has 85 heavy (non-hydrogen) atoms. The molecule has 0 aliphatic carbocycles. The van der Waals surface area contributed by atoms with E-state index >= 15 is 0 Å². The number of piperazine rings is 1. The second-order valence-electron chi connectivity index (χ2n) is 23.6. The summed E-state index contributed by atoms with van der Waals surface area (Å²) in [7, 11) is 0. The van der Waals surface area contributed by atoms with Crippen LogP contribution < -0.4 is 31.5 Å². The van der Waals surface area contributed by atoms with E-state index in [0.29, 0.717) is 83.9 Å². The Hall–Kier alpha value is -7.87. The van der Waals surface area contributed by atoms with Crippen LogP contribution in [0.25, 0.3) is 67.3 Å². The highest BCUT2D eigenvalue weighted by molar-refractivity contribution is 5.92. The van der Waals surface area contributed by atoms with Crippen LogP contribution in [0.4, 0.5) is 43.8 Å². The Morgan fingerprint density at radius 2 is 0.965 bits per heavy atom. The third-order valence-electron chi connectivity index (χ3n) is 16.0. The Kier molecular flexibility index (Phi) is 17.7. The molecule has 0 bridgehead atoms.